The number of ketones is 2. The molecule has 3 aliphatic rings. The van der Waals surface area contributed by atoms with Gasteiger partial charge in [-0.1, -0.05) is 13.0 Å². The van der Waals surface area contributed by atoms with Crippen molar-refractivity contribution in [3.05, 3.63) is 69.7 Å². The van der Waals surface area contributed by atoms with E-state index in [1.165, 1.54) is 12.4 Å². The maximum atomic E-state index is 14.0. The van der Waals surface area contributed by atoms with E-state index in [0.29, 0.717) is 17.5 Å². The fourth-order valence-corrected chi connectivity index (χ4v) is 7.04. The topological polar surface area (TPSA) is 203 Å². The second-order valence-corrected chi connectivity index (χ2v) is 11.5. The van der Waals surface area contributed by atoms with Gasteiger partial charge < -0.3 is 36.4 Å². The number of phenols is 1. The number of nitrogens with two attached hydrogens (primary N) is 1. The summed E-state index contributed by atoms with van der Waals surface area (Å²) in [5.41, 5.74) is 4.43. The number of primary amides is 1. The highest BCUT2D eigenvalue weighted by Gasteiger charge is 2.66. The number of allylic oxidation sites excluding steroid dienone is 1. The van der Waals surface area contributed by atoms with E-state index in [2.05, 4.69) is 10.3 Å². The number of Topliss-reactive ketones (excluding diaryl/α,β-unsaturated/α-hetero) is 2. The van der Waals surface area contributed by atoms with Crippen molar-refractivity contribution in [3.8, 4) is 5.75 Å². The van der Waals surface area contributed by atoms with E-state index in [4.69, 9.17) is 5.73 Å². The van der Waals surface area contributed by atoms with Crippen molar-refractivity contribution < 1.29 is 39.6 Å². The lowest BCUT2D eigenvalue weighted by Gasteiger charge is -2.53. The van der Waals surface area contributed by atoms with Crippen LogP contribution in [0.4, 0.5) is 0 Å². The number of nitrogens with one attached hydrogen (secondary N) is 1. The van der Waals surface area contributed by atoms with Crippen molar-refractivity contribution >= 4 is 23.4 Å². The van der Waals surface area contributed by atoms with Gasteiger partial charge in [-0.05, 0) is 62.5 Å². The number of likely N-dealkylation sites (N-methyl/N-ethyl adjacent to an activating group) is 1. The predicted molar refractivity (Wildman–Crippen MR) is 148 cm³/mol. The highest BCUT2D eigenvalue weighted by Crippen LogP contribution is 2.53. The van der Waals surface area contributed by atoms with Crippen molar-refractivity contribution in [3.63, 3.8) is 0 Å². The molecule has 1 aromatic carbocycles. The maximum Gasteiger partial charge on any atom is 0.253 e. The van der Waals surface area contributed by atoms with Crippen molar-refractivity contribution in [1.29, 1.82) is 0 Å². The van der Waals surface area contributed by atoms with Gasteiger partial charge in [0.25, 0.3) is 5.91 Å². The predicted octanol–water partition coefficient (Wildman–Crippen LogP) is 0.173. The third kappa shape index (κ3) is 4.29. The van der Waals surface area contributed by atoms with E-state index in [9.17, 15) is 39.6 Å². The number of fused-ring (bicyclic) bond motifs is 3. The van der Waals surface area contributed by atoms with Crippen molar-refractivity contribution in [1.82, 2.24) is 15.2 Å². The van der Waals surface area contributed by atoms with Crippen molar-refractivity contribution in [2.24, 2.45) is 23.5 Å². The summed E-state index contributed by atoms with van der Waals surface area (Å²) in [7, 11) is 3.23. The average molecular weight is 579 g/mol. The molecule has 12 heteroatoms. The molecule has 1 fully saturated rings. The molecular weight excluding hydrogens is 544 g/mol. The molecule has 7 N–H and O–H groups in total. The SMILES string of the molecule is CCc1cc(CNC(=O)c2cccnc2)c(O)c2c1C[C@H]1C[C@H]3[C@H](N(C)C)C(O)C(C(N)=O)C(=O)[C@@]3(O)C(O)=C1C2=O. The van der Waals surface area contributed by atoms with Crippen LogP contribution in [-0.4, -0.2) is 85.5 Å². The van der Waals surface area contributed by atoms with Gasteiger partial charge >= 0.3 is 0 Å². The van der Waals surface area contributed by atoms with Gasteiger partial charge in [0.05, 0.1) is 17.2 Å². The first kappa shape index (κ1) is 29.4. The number of aryl methyl sites for hydroxylation is 1. The number of hydrogen-bond donors (Lipinski definition) is 6. The van der Waals surface area contributed by atoms with E-state index >= 15 is 0 Å². The summed E-state index contributed by atoms with van der Waals surface area (Å²) in [4.78, 5) is 57.8. The number of nitrogens with zero attached hydrogens (tertiary/aromatic N) is 2. The van der Waals surface area contributed by atoms with Gasteiger partial charge in [-0.25, -0.2) is 0 Å². The summed E-state index contributed by atoms with van der Waals surface area (Å²) in [6, 6.07) is 3.99. The molecule has 5 rings (SSSR count). The molecule has 42 heavy (non-hydrogen) atoms. The van der Waals surface area contributed by atoms with E-state index in [0.717, 1.165) is 5.56 Å². The molecule has 1 aromatic heterocycles. The number of aromatic hydroxyl groups is 1. The molecule has 0 radical (unpaired) electrons. The quantitative estimate of drug-likeness (QED) is 0.257. The maximum absolute atomic E-state index is 14.0. The van der Waals surface area contributed by atoms with Crippen LogP contribution >= 0.6 is 0 Å². The standard InChI is InChI=1S/C30H34N4O8/c1-4-13-8-16(12-33-29(41)14-6-5-7-32-11-14)23(35)20-17(13)9-15-10-18-22(34(2)3)25(37)21(28(31)40)27(39)30(18,42)26(38)19(15)24(20)36/h5-8,11,15,18,21-22,25,35,37-38,42H,4,9-10,12H2,1-3H3,(H2,31,40)(H,33,41)/t15-,18-,21?,22-,25?,30-/m0/s1. The Morgan fingerprint density at radius 3 is 2.52 bits per heavy atom. The van der Waals surface area contributed by atoms with Crippen LogP contribution in [0.5, 0.6) is 5.75 Å². The molecule has 0 spiro atoms. The molecule has 1 heterocycles. The summed E-state index contributed by atoms with van der Waals surface area (Å²) in [6.45, 7) is 1.79. The van der Waals surface area contributed by atoms with E-state index in [-0.39, 0.29) is 41.8 Å². The van der Waals surface area contributed by atoms with E-state index in [1.54, 1.807) is 37.2 Å². The normalized spacial score (nSPS) is 28.7. The second kappa shape index (κ2) is 10.6. The number of carbonyl (C=O) groups excluding carboxylic acids is 4. The Morgan fingerprint density at radius 1 is 1.21 bits per heavy atom. The Balaban J connectivity index is 1.59. The number of amides is 2. The number of pyridine rings is 1. The minimum atomic E-state index is -2.65. The number of phenolic OH excluding ortho intramolecular Hbond substituents is 1. The number of aliphatic hydroxyl groups is 3. The first-order valence-corrected chi connectivity index (χ1v) is 13.8. The summed E-state index contributed by atoms with van der Waals surface area (Å²) in [5.74, 6) is -8.26. The lowest BCUT2D eigenvalue weighted by atomic mass is 9.55. The molecule has 2 amide bonds. The molecule has 0 saturated heterocycles. The van der Waals surface area contributed by atoms with Crippen LogP contribution in [0.25, 0.3) is 0 Å². The largest absolute Gasteiger partial charge is 0.508 e. The van der Waals surface area contributed by atoms with Crippen molar-refractivity contribution in [2.45, 2.75) is 50.5 Å². The Morgan fingerprint density at radius 2 is 1.93 bits per heavy atom. The van der Waals surface area contributed by atoms with Gasteiger partial charge in [0.2, 0.25) is 5.91 Å². The summed E-state index contributed by atoms with van der Waals surface area (Å²) in [5, 5.41) is 48.3. The van der Waals surface area contributed by atoms with Crippen LogP contribution < -0.4 is 11.1 Å². The summed E-state index contributed by atoms with van der Waals surface area (Å²) >= 11 is 0. The number of benzene rings is 1. The molecule has 3 aliphatic carbocycles. The second-order valence-electron chi connectivity index (χ2n) is 11.5. The third-order valence-corrected chi connectivity index (χ3v) is 9.01. The molecule has 2 aromatic rings. The number of carbonyl (C=O) groups is 4. The molecule has 222 valence electrons. The zero-order chi connectivity index (χ0) is 30.7. The molecular formula is C30H34N4O8. The van der Waals surface area contributed by atoms with Gasteiger partial charge in [0.1, 0.15) is 17.4 Å². The number of aliphatic hydroxyl groups excluding tert-OH is 2. The average Bonchev–Trinajstić information content (AvgIpc) is 2.94. The molecule has 0 aliphatic heterocycles. The minimum Gasteiger partial charge on any atom is -0.508 e. The summed E-state index contributed by atoms with van der Waals surface area (Å²) in [6.07, 6.45) is 2.17. The molecule has 1 saturated carbocycles. The molecule has 6 atom stereocenters. The Hall–Kier alpha value is -4.13. The van der Waals surface area contributed by atoms with Crippen LogP contribution in [0, 0.1) is 17.8 Å². The number of hydrogen-bond acceptors (Lipinski definition) is 10. The fraction of sp³-hybridized carbons (Fsp3) is 0.433. The first-order chi connectivity index (χ1) is 19.8. The Kier molecular flexibility index (Phi) is 7.42. The lowest BCUT2D eigenvalue weighted by Crippen LogP contribution is -2.71. The van der Waals surface area contributed by atoms with Crippen molar-refractivity contribution in [2.75, 3.05) is 14.1 Å². The monoisotopic (exact) mass is 578 g/mol. The van der Waals surface area contributed by atoms with Gasteiger partial charge in [0.15, 0.2) is 17.2 Å². The zero-order valence-corrected chi connectivity index (χ0v) is 23.5. The van der Waals surface area contributed by atoms with Gasteiger partial charge in [-0.3, -0.25) is 24.2 Å². The third-order valence-electron chi connectivity index (χ3n) is 9.01. The van der Waals surface area contributed by atoms with Crippen LogP contribution in [-0.2, 0) is 29.0 Å². The molecule has 2 unspecified atom stereocenters. The van der Waals surface area contributed by atoms with Gasteiger partial charge in [0, 0.05) is 42.0 Å². The fourth-order valence-electron chi connectivity index (χ4n) is 7.04. The van der Waals surface area contributed by atoms with Crippen LogP contribution in [0.3, 0.4) is 0 Å². The lowest BCUT2D eigenvalue weighted by molar-refractivity contribution is -0.178. The highest BCUT2D eigenvalue weighted by molar-refractivity contribution is 6.15. The zero-order valence-electron chi connectivity index (χ0n) is 23.5. The number of rotatable bonds is 6. The number of aromatic nitrogens is 1. The van der Waals surface area contributed by atoms with E-state index in [1.807, 2.05) is 6.92 Å². The highest BCUT2D eigenvalue weighted by atomic mass is 16.4. The van der Waals surface area contributed by atoms with Crippen LogP contribution in [0.1, 0.15) is 50.8 Å². The van der Waals surface area contributed by atoms with Gasteiger partial charge in [-0.15, -0.1) is 0 Å². The smallest absolute Gasteiger partial charge is 0.253 e. The Labute approximate surface area is 241 Å². The summed E-state index contributed by atoms with van der Waals surface area (Å²) < 4.78 is 0. The van der Waals surface area contributed by atoms with Gasteiger partial charge in [-0.2, -0.15) is 0 Å². The van der Waals surface area contributed by atoms with Crippen LogP contribution in [0.2, 0.25) is 0 Å². The minimum absolute atomic E-state index is 0.0467. The van der Waals surface area contributed by atoms with Crippen LogP contribution in [0.15, 0.2) is 41.9 Å². The first-order valence-electron chi connectivity index (χ1n) is 13.8. The Bertz CT molecular complexity index is 1520. The molecule has 12 nitrogen and oxygen atoms in total. The van der Waals surface area contributed by atoms with E-state index < -0.39 is 64.6 Å². The molecule has 0 bridgehead atoms.